The Morgan fingerprint density at radius 1 is 1.24 bits per heavy atom. The number of benzene rings is 1. The van der Waals surface area contributed by atoms with E-state index in [1.807, 2.05) is 0 Å². The number of Topliss-reactive ketones (excluding diaryl/α,β-unsaturated/α-hetero) is 1. The average Bonchev–Trinajstić information content (AvgIpc) is 2.25. The number of ketones is 1. The second-order valence-corrected chi connectivity index (χ2v) is 4.56. The number of halogens is 1. The first kappa shape index (κ1) is 13.4. The molecule has 0 aliphatic carbocycles. The monoisotopic (exact) mass is 297 g/mol. The van der Waals surface area contributed by atoms with Gasteiger partial charge in [0.25, 0.3) is 0 Å². The summed E-state index contributed by atoms with van der Waals surface area (Å²) in [5.74, 6) is -1.73. The third-order valence-corrected chi connectivity index (χ3v) is 2.50. The highest BCUT2D eigenvalue weighted by molar-refractivity contribution is 9.10. The molecule has 0 saturated heterocycles. The van der Waals surface area contributed by atoms with Gasteiger partial charge in [-0.3, -0.25) is 4.79 Å². The van der Waals surface area contributed by atoms with Gasteiger partial charge in [-0.25, -0.2) is 4.79 Å². The first-order valence-corrected chi connectivity index (χ1v) is 5.63. The maximum atomic E-state index is 11.9. The van der Waals surface area contributed by atoms with Crippen LogP contribution in [0.4, 0.5) is 0 Å². The van der Waals surface area contributed by atoms with Crippen LogP contribution in [0, 0.1) is 0 Å². The number of carbonyl (C=O) groups is 2. The molecule has 1 N–H and O–H groups in total. The van der Waals surface area contributed by atoms with E-state index in [4.69, 9.17) is 5.11 Å². The van der Waals surface area contributed by atoms with E-state index in [0.717, 1.165) is 4.47 Å². The molecule has 0 aliphatic heterocycles. The van der Waals surface area contributed by atoms with Crippen molar-refractivity contribution in [3.05, 3.63) is 46.1 Å². The van der Waals surface area contributed by atoms with Gasteiger partial charge in [0.1, 0.15) is 5.57 Å². The Labute approximate surface area is 108 Å². The summed E-state index contributed by atoms with van der Waals surface area (Å²) in [6, 6.07) is 6.56. The number of nitrogens with zero attached hydrogens (tertiary/aromatic N) is 1. The quantitative estimate of drug-likeness (QED) is 0.400. The second-order valence-electron chi connectivity index (χ2n) is 3.65. The standard InChI is InChI=1S/C12H12BrNO3/c1-14(2)7-10(12(16)17)11(15)8-3-5-9(13)6-4-8/h3-7H,1-2H3,(H,16,17)/b10-7-. The summed E-state index contributed by atoms with van der Waals surface area (Å²) in [7, 11) is 3.33. The summed E-state index contributed by atoms with van der Waals surface area (Å²) in [5, 5.41) is 8.98. The largest absolute Gasteiger partial charge is 0.477 e. The van der Waals surface area contributed by atoms with Crippen LogP contribution in [-0.2, 0) is 4.79 Å². The zero-order valence-electron chi connectivity index (χ0n) is 9.48. The van der Waals surface area contributed by atoms with Crippen molar-refractivity contribution in [1.29, 1.82) is 0 Å². The van der Waals surface area contributed by atoms with Gasteiger partial charge in [-0.1, -0.05) is 15.9 Å². The van der Waals surface area contributed by atoms with Crippen molar-refractivity contribution < 1.29 is 14.7 Å². The molecule has 90 valence electrons. The lowest BCUT2D eigenvalue weighted by atomic mass is 10.0. The summed E-state index contributed by atoms with van der Waals surface area (Å²) < 4.78 is 0.836. The molecule has 0 aliphatic rings. The van der Waals surface area contributed by atoms with E-state index in [-0.39, 0.29) is 5.57 Å². The minimum absolute atomic E-state index is 0.252. The highest BCUT2D eigenvalue weighted by Gasteiger charge is 2.19. The lowest BCUT2D eigenvalue weighted by molar-refractivity contribution is -0.132. The van der Waals surface area contributed by atoms with Crippen LogP contribution in [0.15, 0.2) is 40.5 Å². The van der Waals surface area contributed by atoms with Crippen molar-refractivity contribution in [2.24, 2.45) is 0 Å². The van der Waals surface area contributed by atoms with Gasteiger partial charge in [-0.05, 0) is 24.3 Å². The van der Waals surface area contributed by atoms with Crippen molar-refractivity contribution in [3.63, 3.8) is 0 Å². The Morgan fingerprint density at radius 2 is 1.76 bits per heavy atom. The van der Waals surface area contributed by atoms with E-state index in [2.05, 4.69) is 15.9 Å². The Hall–Kier alpha value is -1.62. The van der Waals surface area contributed by atoms with Gasteiger partial charge in [0.15, 0.2) is 0 Å². The molecule has 0 atom stereocenters. The summed E-state index contributed by atoms with van der Waals surface area (Å²) in [6.45, 7) is 0. The molecule has 1 aromatic rings. The summed E-state index contributed by atoms with van der Waals surface area (Å²) in [6.07, 6.45) is 1.30. The van der Waals surface area contributed by atoms with Crippen LogP contribution in [-0.4, -0.2) is 35.9 Å². The summed E-state index contributed by atoms with van der Waals surface area (Å²) in [5.41, 5.74) is 0.0982. The van der Waals surface area contributed by atoms with Crippen LogP contribution in [0.5, 0.6) is 0 Å². The van der Waals surface area contributed by atoms with Gasteiger partial charge in [-0.2, -0.15) is 0 Å². The molecule has 5 heteroatoms. The van der Waals surface area contributed by atoms with Crippen LogP contribution in [0.25, 0.3) is 0 Å². The minimum atomic E-state index is -1.23. The fourth-order valence-corrected chi connectivity index (χ4v) is 1.49. The molecule has 0 bridgehead atoms. The van der Waals surface area contributed by atoms with Gasteiger partial charge in [-0.15, -0.1) is 0 Å². The molecule has 0 amide bonds. The second kappa shape index (κ2) is 5.63. The molecule has 17 heavy (non-hydrogen) atoms. The molecule has 0 spiro atoms. The zero-order chi connectivity index (χ0) is 13.0. The predicted molar refractivity (Wildman–Crippen MR) is 67.9 cm³/mol. The van der Waals surface area contributed by atoms with E-state index < -0.39 is 11.8 Å². The van der Waals surface area contributed by atoms with Gasteiger partial charge in [0, 0.05) is 30.3 Å². The van der Waals surface area contributed by atoms with Gasteiger partial charge in [0.05, 0.1) is 0 Å². The predicted octanol–water partition coefficient (Wildman–Crippen LogP) is 2.16. The van der Waals surface area contributed by atoms with Crippen molar-refractivity contribution >= 4 is 27.7 Å². The Balaban J connectivity index is 3.09. The SMILES string of the molecule is CN(C)/C=C(\C(=O)O)C(=O)c1ccc(Br)cc1. The normalized spacial score (nSPS) is 11.1. The van der Waals surface area contributed by atoms with Crippen LogP contribution in [0.3, 0.4) is 0 Å². The van der Waals surface area contributed by atoms with E-state index in [9.17, 15) is 9.59 Å². The number of hydrogen-bond donors (Lipinski definition) is 1. The van der Waals surface area contributed by atoms with Crippen LogP contribution >= 0.6 is 15.9 Å². The van der Waals surface area contributed by atoms with Crippen LogP contribution in [0.2, 0.25) is 0 Å². The lowest BCUT2D eigenvalue weighted by Crippen LogP contribution is -2.16. The number of carboxylic acids is 1. The molecular formula is C12H12BrNO3. The molecule has 0 fully saturated rings. The molecule has 0 heterocycles. The summed E-state index contributed by atoms with van der Waals surface area (Å²) >= 11 is 3.25. The first-order valence-electron chi connectivity index (χ1n) is 4.83. The number of rotatable bonds is 4. The van der Waals surface area contributed by atoms with E-state index in [0.29, 0.717) is 5.56 Å². The molecule has 4 nitrogen and oxygen atoms in total. The van der Waals surface area contributed by atoms with Crippen molar-refractivity contribution in [3.8, 4) is 0 Å². The fraction of sp³-hybridized carbons (Fsp3) is 0.167. The number of carboxylic acid groups (broad SMARTS) is 1. The van der Waals surface area contributed by atoms with Crippen molar-refractivity contribution in [2.75, 3.05) is 14.1 Å². The average molecular weight is 298 g/mol. The van der Waals surface area contributed by atoms with Crippen molar-refractivity contribution in [1.82, 2.24) is 4.90 Å². The number of hydrogen-bond acceptors (Lipinski definition) is 3. The third-order valence-electron chi connectivity index (χ3n) is 1.97. The van der Waals surface area contributed by atoms with Crippen molar-refractivity contribution in [2.45, 2.75) is 0 Å². The van der Waals surface area contributed by atoms with Gasteiger partial charge < -0.3 is 10.0 Å². The first-order chi connectivity index (χ1) is 7.91. The van der Waals surface area contributed by atoms with Gasteiger partial charge >= 0.3 is 5.97 Å². The molecule has 1 aromatic carbocycles. The van der Waals surface area contributed by atoms with Gasteiger partial charge in [0.2, 0.25) is 5.78 Å². The van der Waals surface area contributed by atoms with Crippen LogP contribution in [0.1, 0.15) is 10.4 Å². The highest BCUT2D eigenvalue weighted by atomic mass is 79.9. The molecule has 1 rings (SSSR count). The highest BCUT2D eigenvalue weighted by Crippen LogP contribution is 2.14. The topological polar surface area (TPSA) is 57.6 Å². The van der Waals surface area contributed by atoms with E-state index in [1.165, 1.54) is 11.1 Å². The molecule has 0 unspecified atom stereocenters. The smallest absolute Gasteiger partial charge is 0.341 e. The Morgan fingerprint density at radius 3 is 2.18 bits per heavy atom. The Kier molecular flexibility index (Phi) is 4.45. The molecular weight excluding hydrogens is 286 g/mol. The van der Waals surface area contributed by atoms with Crippen LogP contribution < -0.4 is 0 Å². The maximum absolute atomic E-state index is 11.9. The molecule has 0 saturated carbocycles. The fourth-order valence-electron chi connectivity index (χ4n) is 1.23. The van der Waals surface area contributed by atoms with E-state index in [1.54, 1.807) is 38.4 Å². The lowest BCUT2D eigenvalue weighted by Gasteiger charge is -2.08. The zero-order valence-corrected chi connectivity index (χ0v) is 11.1. The molecule has 0 aromatic heterocycles. The van der Waals surface area contributed by atoms with E-state index >= 15 is 0 Å². The Bertz CT molecular complexity index is 463. The summed E-state index contributed by atoms with van der Waals surface area (Å²) in [4.78, 5) is 24.5. The number of aliphatic carboxylic acids is 1. The molecule has 0 radical (unpaired) electrons. The third kappa shape index (κ3) is 3.71. The minimum Gasteiger partial charge on any atom is -0.477 e. The maximum Gasteiger partial charge on any atom is 0.341 e. The number of carbonyl (C=O) groups excluding carboxylic acids is 1.